The fourth-order valence-corrected chi connectivity index (χ4v) is 2.52. The Morgan fingerprint density at radius 2 is 1.72 bits per heavy atom. The Morgan fingerprint density at radius 3 is 2.28 bits per heavy atom. The summed E-state index contributed by atoms with van der Waals surface area (Å²) < 4.78 is 5.04. The molecule has 104 valence electrons. The summed E-state index contributed by atoms with van der Waals surface area (Å²) in [5, 5.41) is 1.01. The summed E-state index contributed by atoms with van der Waals surface area (Å²) in [5.41, 5.74) is 0.490. The number of rotatable bonds is 11. The number of carbonyl (C=O) groups excluding carboxylic acids is 1. The van der Waals surface area contributed by atoms with Gasteiger partial charge in [-0.2, -0.15) is 11.8 Å². The number of thioether (sulfide) groups is 1. The minimum absolute atomic E-state index is 0.257. The Morgan fingerprint density at radius 1 is 1.17 bits per heavy atom. The van der Waals surface area contributed by atoms with Gasteiger partial charge in [-0.1, -0.05) is 45.1 Å². The quantitative estimate of drug-likeness (QED) is 0.242. The molecule has 1 aliphatic rings. The molecule has 1 saturated heterocycles. The molecule has 2 nitrogen and oxygen atoms in total. The van der Waals surface area contributed by atoms with Crippen molar-refractivity contribution in [1.29, 1.82) is 0 Å². The molecule has 0 radical (unpaired) electrons. The number of esters is 1. The minimum Gasteiger partial charge on any atom is -0.462 e. The van der Waals surface area contributed by atoms with Crippen molar-refractivity contribution in [3.05, 3.63) is 12.2 Å². The van der Waals surface area contributed by atoms with Crippen LogP contribution in [-0.4, -0.2) is 23.6 Å². The van der Waals surface area contributed by atoms with Crippen LogP contribution in [0.25, 0.3) is 0 Å². The van der Waals surface area contributed by atoms with Crippen LogP contribution in [0, 0.1) is 0 Å². The van der Waals surface area contributed by atoms with E-state index in [-0.39, 0.29) is 5.97 Å². The maximum absolute atomic E-state index is 11.1. The Balaban J connectivity index is 1.72. The van der Waals surface area contributed by atoms with Crippen molar-refractivity contribution in [3.8, 4) is 0 Å². The lowest BCUT2D eigenvalue weighted by Gasteiger charge is -2.04. The van der Waals surface area contributed by atoms with Crippen LogP contribution in [0.2, 0.25) is 0 Å². The molecule has 0 aromatic rings. The molecule has 0 aliphatic carbocycles. The number of hydrogen-bond donors (Lipinski definition) is 0. The first-order valence-corrected chi connectivity index (χ1v) is 8.19. The highest BCUT2D eigenvalue weighted by Gasteiger charge is 2.20. The molecule has 0 spiro atoms. The highest BCUT2D eigenvalue weighted by molar-refractivity contribution is 8.06. The second-order valence-corrected chi connectivity index (χ2v) is 6.47. The molecule has 3 heteroatoms. The summed E-state index contributed by atoms with van der Waals surface area (Å²) in [5.74, 6) is 1.15. The van der Waals surface area contributed by atoms with Gasteiger partial charge in [0.1, 0.15) is 0 Å². The predicted octanol–water partition coefficient (Wildman–Crippen LogP) is 4.34. The van der Waals surface area contributed by atoms with Gasteiger partial charge in [-0.15, -0.1) is 0 Å². The average molecular weight is 270 g/mol. The second-order valence-electron chi connectivity index (χ2n) is 5.14. The van der Waals surface area contributed by atoms with Gasteiger partial charge in [-0.05, 0) is 19.8 Å². The molecule has 1 aliphatic heterocycles. The standard InChI is InChI=1S/C15H26O2S/c1-13(2)15(16)17-11-9-7-5-3-4-6-8-10-14-12-18-14/h14H,1,3-12H2,2H3. The van der Waals surface area contributed by atoms with Gasteiger partial charge in [0, 0.05) is 16.6 Å². The minimum atomic E-state index is -0.257. The third-order valence-electron chi connectivity index (χ3n) is 3.15. The van der Waals surface area contributed by atoms with Gasteiger partial charge in [0.2, 0.25) is 0 Å². The normalized spacial score (nSPS) is 17.5. The lowest BCUT2D eigenvalue weighted by Crippen LogP contribution is -2.05. The van der Waals surface area contributed by atoms with Crippen LogP contribution in [-0.2, 0) is 9.53 Å². The SMILES string of the molecule is C=C(C)C(=O)OCCCCCCCCCC1CS1. The van der Waals surface area contributed by atoms with Crippen molar-refractivity contribution < 1.29 is 9.53 Å². The molecule has 0 N–H and O–H groups in total. The monoisotopic (exact) mass is 270 g/mol. The van der Waals surface area contributed by atoms with Crippen molar-refractivity contribution in [2.24, 2.45) is 0 Å². The van der Waals surface area contributed by atoms with Gasteiger partial charge in [0.05, 0.1) is 6.61 Å². The van der Waals surface area contributed by atoms with Crippen molar-refractivity contribution >= 4 is 17.7 Å². The summed E-state index contributed by atoms with van der Waals surface area (Å²) >= 11 is 2.10. The van der Waals surface area contributed by atoms with Crippen LogP contribution < -0.4 is 0 Å². The first-order chi connectivity index (χ1) is 8.70. The maximum atomic E-state index is 11.1. The fraction of sp³-hybridized carbons (Fsp3) is 0.800. The zero-order chi connectivity index (χ0) is 13.2. The Hall–Kier alpha value is -0.440. The van der Waals surface area contributed by atoms with E-state index in [0.717, 1.165) is 11.7 Å². The van der Waals surface area contributed by atoms with Crippen LogP contribution in [0.1, 0.15) is 58.3 Å². The Kier molecular flexibility index (Phi) is 8.23. The summed E-state index contributed by atoms with van der Waals surface area (Å²) in [4.78, 5) is 11.1. The Bertz CT molecular complexity index is 259. The topological polar surface area (TPSA) is 26.3 Å². The van der Waals surface area contributed by atoms with Gasteiger partial charge in [-0.3, -0.25) is 0 Å². The molecule has 0 amide bonds. The molecule has 1 atom stereocenters. The average Bonchev–Trinajstić information content (AvgIpc) is 3.15. The molecule has 18 heavy (non-hydrogen) atoms. The van der Waals surface area contributed by atoms with Gasteiger partial charge >= 0.3 is 5.97 Å². The molecular weight excluding hydrogens is 244 g/mol. The van der Waals surface area contributed by atoms with Crippen molar-refractivity contribution in [2.75, 3.05) is 12.4 Å². The van der Waals surface area contributed by atoms with Gasteiger partial charge < -0.3 is 4.74 Å². The molecule has 1 rings (SSSR count). The molecule has 0 aromatic heterocycles. The molecule has 1 heterocycles. The summed E-state index contributed by atoms with van der Waals surface area (Å²) in [6.07, 6.45) is 10.3. The van der Waals surface area contributed by atoms with E-state index in [1.807, 2.05) is 0 Å². The van der Waals surface area contributed by atoms with Crippen molar-refractivity contribution in [3.63, 3.8) is 0 Å². The second kappa shape index (κ2) is 9.48. The van der Waals surface area contributed by atoms with Crippen LogP contribution in [0.4, 0.5) is 0 Å². The number of carbonyl (C=O) groups is 1. The van der Waals surface area contributed by atoms with Gasteiger partial charge in [-0.25, -0.2) is 4.79 Å². The highest BCUT2D eigenvalue weighted by Crippen LogP contribution is 2.34. The van der Waals surface area contributed by atoms with Crippen LogP contribution >= 0.6 is 11.8 Å². The Labute approximate surface area is 116 Å². The van der Waals surface area contributed by atoms with Gasteiger partial charge in [0.25, 0.3) is 0 Å². The molecule has 0 saturated carbocycles. The lowest BCUT2D eigenvalue weighted by molar-refractivity contribution is -0.139. The van der Waals surface area contributed by atoms with Crippen molar-refractivity contribution in [1.82, 2.24) is 0 Å². The van der Waals surface area contributed by atoms with Crippen molar-refractivity contribution in [2.45, 2.75) is 63.5 Å². The van der Waals surface area contributed by atoms with E-state index in [0.29, 0.717) is 12.2 Å². The zero-order valence-electron chi connectivity index (χ0n) is 11.6. The third kappa shape index (κ3) is 8.62. The number of unbranched alkanes of at least 4 members (excludes halogenated alkanes) is 6. The zero-order valence-corrected chi connectivity index (χ0v) is 12.4. The van der Waals surface area contributed by atoms with E-state index in [4.69, 9.17) is 4.74 Å². The first-order valence-electron chi connectivity index (χ1n) is 7.14. The van der Waals surface area contributed by atoms with E-state index in [1.165, 1.54) is 50.7 Å². The van der Waals surface area contributed by atoms with E-state index < -0.39 is 0 Å². The molecule has 1 fully saturated rings. The molecule has 0 bridgehead atoms. The van der Waals surface area contributed by atoms with Gasteiger partial charge in [0.15, 0.2) is 0 Å². The summed E-state index contributed by atoms with van der Waals surface area (Å²) in [6.45, 7) is 5.78. The molecular formula is C15H26O2S. The van der Waals surface area contributed by atoms with Crippen LogP contribution in [0.15, 0.2) is 12.2 Å². The third-order valence-corrected chi connectivity index (χ3v) is 4.19. The summed E-state index contributed by atoms with van der Waals surface area (Å²) in [7, 11) is 0. The summed E-state index contributed by atoms with van der Waals surface area (Å²) in [6, 6.07) is 0. The van der Waals surface area contributed by atoms with Crippen LogP contribution in [0.3, 0.4) is 0 Å². The fourth-order valence-electron chi connectivity index (χ4n) is 1.88. The lowest BCUT2D eigenvalue weighted by atomic mass is 10.1. The predicted molar refractivity (Wildman–Crippen MR) is 79.0 cm³/mol. The van der Waals surface area contributed by atoms with Crippen LogP contribution in [0.5, 0.6) is 0 Å². The first kappa shape index (κ1) is 15.6. The largest absolute Gasteiger partial charge is 0.462 e. The maximum Gasteiger partial charge on any atom is 0.333 e. The number of hydrogen-bond acceptors (Lipinski definition) is 3. The molecule has 0 aromatic carbocycles. The smallest absolute Gasteiger partial charge is 0.333 e. The van der Waals surface area contributed by atoms with E-state index >= 15 is 0 Å². The number of ether oxygens (including phenoxy) is 1. The highest BCUT2D eigenvalue weighted by atomic mass is 32.2. The molecule has 1 unspecified atom stereocenters. The van der Waals surface area contributed by atoms with E-state index in [2.05, 4.69) is 18.3 Å². The van der Waals surface area contributed by atoms with E-state index in [9.17, 15) is 4.79 Å². The van der Waals surface area contributed by atoms with E-state index in [1.54, 1.807) is 6.92 Å².